The predicted octanol–water partition coefficient (Wildman–Crippen LogP) is 3.85. The van der Waals surface area contributed by atoms with Crippen molar-refractivity contribution in [3.05, 3.63) is 93.6 Å². The number of allylic oxidation sites excluding steroid dienone is 1. The Labute approximate surface area is 225 Å². The minimum atomic E-state index is -0.912. The number of phenols is 1. The van der Waals surface area contributed by atoms with E-state index in [0.29, 0.717) is 21.8 Å². The third-order valence-corrected chi connectivity index (χ3v) is 6.86. The van der Waals surface area contributed by atoms with Gasteiger partial charge in [-0.25, -0.2) is 9.79 Å². The number of rotatable bonds is 7. The van der Waals surface area contributed by atoms with E-state index in [4.69, 9.17) is 21.1 Å². The molecule has 12 heteroatoms. The van der Waals surface area contributed by atoms with E-state index >= 15 is 0 Å². The highest BCUT2D eigenvalue weighted by Crippen LogP contribution is 2.37. The molecule has 1 aromatic heterocycles. The van der Waals surface area contributed by atoms with Crippen LogP contribution in [-0.4, -0.2) is 33.3 Å². The van der Waals surface area contributed by atoms with Gasteiger partial charge in [-0.3, -0.25) is 19.5 Å². The van der Waals surface area contributed by atoms with Crippen molar-refractivity contribution in [2.75, 3.05) is 6.61 Å². The molecule has 3 aromatic rings. The van der Waals surface area contributed by atoms with Crippen LogP contribution in [0.15, 0.2) is 57.5 Å². The number of halogens is 1. The third kappa shape index (κ3) is 5.07. The normalized spacial score (nSPS) is 15.3. The molecule has 198 valence electrons. The molecular weight excluding hydrogens is 534 g/mol. The van der Waals surface area contributed by atoms with Gasteiger partial charge in [-0.2, -0.15) is 0 Å². The molecule has 0 aliphatic carbocycles. The van der Waals surface area contributed by atoms with Gasteiger partial charge in [-0.15, -0.1) is 0 Å². The second-order valence-electron chi connectivity index (χ2n) is 8.63. The van der Waals surface area contributed by atoms with Crippen LogP contribution in [0, 0.1) is 10.1 Å². The van der Waals surface area contributed by atoms with Crippen molar-refractivity contribution in [1.82, 2.24) is 4.57 Å². The number of carbonyl (C=O) groups is 1. The summed E-state index contributed by atoms with van der Waals surface area (Å²) >= 11 is 7.04. The van der Waals surface area contributed by atoms with Crippen LogP contribution in [0.5, 0.6) is 11.5 Å². The fraction of sp³-hybridized carbons (Fsp3) is 0.269. The Kier molecular flexibility index (Phi) is 7.70. The Hall–Kier alpha value is -3.96. The summed E-state index contributed by atoms with van der Waals surface area (Å²) in [6.45, 7) is 7.21. The zero-order valence-corrected chi connectivity index (χ0v) is 22.5. The van der Waals surface area contributed by atoms with Crippen LogP contribution >= 0.6 is 22.9 Å². The van der Waals surface area contributed by atoms with E-state index in [1.165, 1.54) is 16.7 Å². The number of esters is 1. The molecule has 1 N–H and O–H groups in total. The minimum absolute atomic E-state index is 0.00381. The molecule has 4 rings (SSSR count). The number of carbonyl (C=O) groups excluding carboxylic acids is 1. The number of hydrogen-bond donors (Lipinski definition) is 1. The molecule has 1 aliphatic heterocycles. The second kappa shape index (κ2) is 10.8. The molecule has 0 unspecified atom stereocenters. The molecule has 0 bridgehead atoms. The predicted molar refractivity (Wildman–Crippen MR) is 142 cm³/mol. The number of hydrogen-bond acceptors (Lipinski definition) is 9. The standard InChI is InChI=1S/C26H24ClN3O7S/c1-5-36-25(33)21-14(4)28-26-29(22(21)17-8-6-7-9-19(17)37-13(2)3)24(32)20(38-26)11-15-10-16(27)12-18(23(15)31)30(34)35/h6-13,22,31H,5H2,1-4H3/b20-11+/t22-/m1/s1. The second-order valence-corrected chi connectivity index (χ2v) is 10.1. The number of benzene rings is 2. The average molecular weight is 558 g/mol. The first kappa shape index (κ1) is 27.1. The van der Waals surface area contributed by atoms with Crippen molar-refractivity contribution < 1.29 is 24.3 Å². The number of ether oxygens (including phenoxy) is 2. The Balaban J connectivity index is 2.01. The van der Waals surface area contributed by atoms with Crippen molar-refractivity contribution in [3.8, 4) is 11.5 Å². The van der Waals surface area contributed by atoms with Gasteiger partial charge in [-0.1, -0.05) is 41.1 Å². The van der Waals surface area contributed by atoms with Crippen molar-refractivity contribution in [3.63, 3.8) is 0 Å². The van der Waals surface area contributed by atoms with E-state index in [1.54, 1.807) is 38.1 Å². The maximum atomic E-state index is 13.8. The summed E-state index contributed by atoms with van der Waals surface area (Å²) in [4.78, 5) is 42.3. The minimum Gasteiger partial charge on any atom is -0.502 e. The van der Waals surface area contributed by atoms with Crippen molar-refractivity contribution >= 4 is 40.7 Å². The van der Waals surface area contributed by atoms with Crippen molar-refractivity contribution in [2.24, 2.45) is 4.99 Å². The maximum absolute atomic E-state index is 13.8. The number of thiazole rings is 1. The summed E-state index contributed by atoms with van der Waals surface area (Å²) in [5.74, 6) is -0.752. The molecular formula is C26H24ClN3O7S. The Morgan fingerprint density at radius 2 is 2.05 bits per heavy atom. The first-order valence-electron chi connectivity index (χ1n) is 11.7. The van der Waals surface area contributed by atoms with E-state index < -0.39 is 33.9 Å². The van der Waals surface area contributed by atoms with Crippen LogP contribution in [0.25, 0.3) is 6.08 Å². The number of nitro groups is 1. The third-order valence-electron chi connectivity index (χ3n) is 5.66. The van der Waals surface area contributed by atoms with E-state index in [9.17, 15) is 24.8 Å². The monoisotopic (exact) mass is 557 g/mol. The van der Waals surface area contributed by atoms with Crippen molar-refractivity contribution in [1.29, 1.82) is 0 Å². The summed E-state index contributed by atoms with van der Waals surface area (Å²) in [6.07, 6.45) is 1.14. The quantitative estimate of drug-likeness (QED) is 0.265. The van der Waals surface area contributed by atoms with E-state index in [-0.39, 0.29) is 33.4 Å². The Morgan fingerprint density at radius 1 is 1.34 bits per heavy atom. The lowest BCUT2D eigenvalue weighted by molar-refractivity contribution is -0.385. The van der Waals surface area contributed by atoms with Crippen LogP contribution in [0.1, 0.15) is 44.9 Å². The highest BCUT2D eigenvalue weighted by Gasteiger charge is 2.35. The summed E-state index contributed by atoms with van der Waals surface area (Å²) in [5, 5.41) is 21.8. The number of aromatic nitrogens is 1. The summed E-state index contributed by atoms with van der Waals surface area (Å²) in [5.41, 5.74) is 0.0149. The summed E-state index contributed by atoms with van der Waals surface area (Å²) in [7, 11) is 0. The molecule has 10 nitrogen and oxygen atoms in total. The lowest BCUT2D eigenvalue weighted by atomic mass is 9.95. The van der Waals surface area contributed by atoms with Crippen LogP contribution in [0.3, 0.4) is 0 Å². The molecule has 0 saturated carbocycles. The van der Waals surface area contributed by atoms with Gasteiger partial charge < -0.3 is 14.6 Å². The van der Waals surface area contributed by atoms with Gasteiger partial charge in [0.25, 0.3) is 5.56 Å². The summed E-state index contributed by atoms with van der Waals surface area (Å²) in [6, 6.07) is 8.53. The zero-order valence-electron chi connectivity index (χ0n) is 20.9. The number of phenolic OH excluding ortho intramolecular Hbond substituents is 1. The number of nitrogens with zero attached hydrogens (tertiary/aromatic N) is 3. The lowest BCUT2D eigenvalue weighted by Gasteiger charge is -2.26. The van der Waals surface area contributed by atoms with Gasteiger partial charge in [-0.05, 0) is 45.9 Å². The fourth-order valence-electron chi connectivity index (χ4n) is 4.15. The van der Waals surface area contributed by atoms with E-state index in [0.717, 1.165) is 17.4 Å². The van der Waals surface area contributed by atoms with Gasteiger partial charge >= 0.3 is 11.7 Å². The van der Waals surface area contributed by atoms with Crippen LogP contribution < -0.4 is 19.6 Å². The van der Waals surface area contributed by atoms with Gasteiger partial charge in [0.1, 0.15) is 11.8 Å². The molecule has 0 spiro atoms. The lowest BCUT2D eigenvalue weighted by Crippen LogP contribution is -2.40. The van der Waals surface area contributed by atoms with Crippen LogP contribution in [-0.2, 0) is 9.53 Å². The molecule has 0 radical (unpaired) electrons. The SMILES string of the molecule is CCOC(=O)C1=C(C)N=c2s/c(=C/c3cc(Cl)cc([N+](=O)[O-])c3O)c(=O)n2[C@@H]1c1ccccc1OC(C)C. The van der Waals surface area contributed by atoms with Gasteiger partial charge in [0, 0.05) is 22.2 Å². The number of fused-ring (bicyclic) bond motifs is 1. The molecule has 1 aliphatic rings. The number of nitro benzene ring substituents is 1. The van der Waals surface area contributed by atoms with Crippen molar-refractivity contribution in [2.45, 2.75) is 39.8 Å². The highest BCUT2D eigenvalue weighted by atomic mass is 35.5. The summed E-state index contributed by atoms with van der Waals surface area (Å²) < 4.78 is 12.8. The van der Waals surface area contributed by atoms with E-state index in [2.05, 4.69) is 4.99 Å². The average Bonchev–Trinajstić information content (AvgIpc) is 3.14. The highest BCUT2D eigenvalue weighted by molar-refractivity contribution is 7.07. The van der Waals surface area contributed by atoms with Gasteiger partial charge in [0.2, 0.25) is 5.75 Å². The molecule has 2 aromatic carbocycles. The molecule has 38 heavy (non-hydrogen) atoms. The number of para-hydroxylation sites is 1. The largest absolute Gasteiger partial charge is 0.502 e. The smallest absolute Gasteiger partial charge is 0.338 e. The topological polar surface area (TPSA) is 133 Å². The van der Waals surface area contributed by atoms with Crippen LogP contribution in [0.2, 0.25) is 5.02 Å². The van der Waals surface area contributed by atoms with Gasteiger partial charge in [0.05, 0.1) is 33.4 Å². The first-order valence-corrected chi connectivity index (χ1v) is 12.8. The maximum Gasteiger partial charge on any atom is 0.338 e. The van der Waals surface area contributed by atoms with E-state index in [1.807, 2.05) is 13.8 Å². The molecule has 2 heterocycles. The zero-order chi connectivity index (χ0) is 27.7. The van der Waals surface area contributed by atoms with Crippen LogP contribution in [0.4, 0.5) is 5.69 Å². The Bertz CT molecular complexity index is 1660. The molecule has 1 atom stereocenters. The van der Waals surface area contributed by atoms with Gasteiger partial charge in [0.15, 0.2) is 4.80 Å². The fourth-order valence-corrected chi connectivity index (χ4v) is 5.41. The molecule has 0 saturated heterocycles. The Morgan fingerprint density at radius 3 is 2.71 bits per heavy atom. The molecule has 0 amide bonds. The number of aromatic hydroxyl groups is 1. The molecule has 0 fully saturated rings. The first-order chi connectivity index (χ1) is 18.0.